The average Bonchev–Trinajstić information content (AvgIpc) is 2.63. The third kappa shape index (κ3) is 3.38. The van der Waals surface area contributed by atoms with Gasteiger partial charge in [-0.25, -0.2) is 0 Å². The second kappa shape index (κ2) is 5.29. The van der Waals surface area contributed by atoms with Crippen molar-refractivity contribution in [2.45, 2.75) is 12.8 Å². The molecular formula is C10H15N3O3. The lowest BCUT2D eigenvalue weighted by atomic mass is 10.2. The Bertz CT molecular complexity index is 386. The van der Waals surface area contributed by atoms with Crippen molar-refractivity contribution >= 4 is 11.9 Å². The maximum atomic E-state index is 11.8. The maximum absolute atomic E-state index is 11.8. The van der Waals surface area contributed by atoms with E-state index in [1.807, 2.05) is 0 Å². The monoisotopic (exact) mass is 225 g/mol. The summed E-state index contributed by atoms with van der Waals surface area (Å²) < 4.78 is 1.55. The molecule has 0 aliphatic heterocycles. The molecule has 1 N–H and O–H groups in total. The van der Waals surface area contributed by atoms with Gasteiger partial charge < -0.3 is 10.0 Å². The predicted octanol–water partition coefficient (Wildman–Crippen LogP) is 0.357. The third-order valence-corrected chi connectivity index (χ3v) is 2.18. The molecule has 0 aliphatic carbocycles. The molecule has 1 aromatic rings. The number of carbonyl (C=O) groups is 2. The molecule has 0 saturated carbocycles. The van der Waals surface area contributed by atoms with Crippen LogP contribution in [0.1, 0.15) is 23.2 Å². The summed E-state index contributed by atoms with van der Waals surface area (Å²) in [6.45, 7) is 0.431. The Morgan fingerprint density at radius 2 is 2.25 bits per heavy atom. The molecule has 0 spiro atoms. The summed E-state index contributed by atoms with van der Waals surface area (Å²) in [6, 6.07) is 0. The fraction of sp³-hybridized carbons (Fsp3) is 0.500. The molecule has 0 bridgehead atoms. The highest BCUT2D eigenvalue weighted by Gasteiger charge is 2.13. The predicted molar refractivity (Wildman–Crippen MR) is 57.0 cm³/mol. The zero-order valence-corrected chi connectivity index (χ0v) is 9.38. The number of carboxylic acid groups (broad SMARTS) is 1. The standard InChI is InChI=1S/C10H15N3O3/c1-12(5-3-4-9(14)15)10(16)8-6-11-13(2)7-8/h6-7H,3-5H2,1-2H3,(H,14,15). The van der Waals surface area contributed by atoms with Gasteiger partial charge in [-0.05, 0) is 6.42 Å². The number of aromatic nitrogens is 2. The SMILES string of the molecule is CN(CCCC(=O)O)C(=O)c1cnn(C)c1. The van der Waals surface area contributed by atoms with Crippen LogP contribution in [0.2, 0.25) is 0 Å². The number of nitrogens with zero attached hydrogens (tertiary/aromatic N) is 3. The number of aliphatic carboxylic acids is 1. The lowest BCUT2D eigenvalue weighted by molar-refractivity contribution is -0.137. The number of hydrogen-bond donors (Lipinski definition) is 1. The number of rotatable bonds is 5. The second-order valence-corrected chi connectivity index (χ2v) is 3.63. The molecule has 0 atom stereocenters. The van der Waals surface area contributed by atoms with Crippen LogP contribution in [0.3, 0.4) is 0 Å². The third-order valence-electron chi connectivity index (χ3n) is 2.18. The van der Waals surface area contributed by atoms with Gasteiger partial charge in [0.05, 0.1) is 11.8 Å². The van der Waals surface area contributed by atoms with Crippen LogP contribution in [0.4, 0.5) is 0 Å². The molecule has 1 aromatic heterocycles. The summed E-state index contributed by atoms with van der Waals surface area (Å²) in [5.41, 5.74) is 0.514. The van der Waals surface area contributed by atoms with E-state index in [-0.39, 0.29) is 12.3 Å². The first-order valence-corrected chi connectivity index (χ1v) is 4.96. The zero-order chi connectivity index (χ0) is 12.1. The van der Waals surface area contributed by atoms with Crippen molar-refractivity contribution in [2.75, 3.05) is 13.6 Å². The van der Waals surface area contributed by atoms with Gasteiger partial charge in [0.1, 0.15) is 0 Å². The molecule has 0 aliphatic rings. The Labute approximate surface area is 93.5 Å². The molecule has 1 amide bonds. The topological polar surface area (TPSA) is 75.4 Å². The molecule has 0 radical (unpaired) electrons. The van der Waals surface area contributed by atoms with Gasteiger partial charge in [0.2, 0.25) is 0 Å². The first-order chi connectivity index (χ1) is 7.50. The number of carboxylic acids is 1. The van der Waals surface area contributed by atoms with Crippen LogP contribution in [-0.4, -0.2) is 45.3 Å². The van der Waals surface area contributed by atoms with Gasteiger partial charge in [-0.2, -0.15) is 5.10 Å². The number of carbonyl (C=O) groups excluding carboxylic acids is 1. The summed E-state index contributed by atoms with van der Waals surface area (Å²) in [4.78, 5) is 23.6. The van der Waals surface area contributed by atoms with Crippen LogP contribution < -0.4 is 0 Å². The summed E-state index contributed by atoms with van der Waals surface area (Å²) in [5, 5.41) is 12.4. The molecule has 6 heteroatoms. The number of aryl methyl sites for hydroxylation is 1. The van der Waals surface area contributed by atoms with Crippen LogP contribution >= 0.6 is 0 Å². The Morgan fingerprint density at radius 3 is 2.75 bits per heavy atom. The van der Waals surface area contributed by atoms with Gasteiger partial charge in [-0.3, -0.25) is 14.3 Å². The number of hydrogen-bond acceptors (Lipinski definition) is 3. The first-order valence-electron chi connectivity index (χ1n) is 4.96. The average molecular weight is 225 g/mol. The zero-order valence-electron chi connectivity index (χ0n) is 9.38. The summed E-state index contributed by atoms with van der Waals surface area (Å²) >= 11 is 0. The fourth-order valence-electron chi connectivity index (χ4n) is 1.32. The van der Waals surface area contributed by atoms with Gasteiger partial charge in [0, 0.05) is 33.3 Å². The van der Waals surface area contributed by atoms with E-state index in [2.05, 4.69) is 5.10 Å². The minimum absolute atomic E-state index is 0.0741. The quantitative estimate of drug-likeness (QED) is 0.784. The van der Waals surface area contributed by atoms with Crippen molar-refractivity contribution in [1.29, 1.82) is 0 Å². The lowest BCUT2D eigenvalue weighted by Crippen LogP contribution is -2.27. The highest BCUT2D eigenvalue weighted by Crippen LogP contribution is 2.03. The Hall–Kier alpha value is -1.85. The van der Waals surface area contributed by atoms with E-state index < -0.39 is 5.97 Å². The minimum atomic E-state index is -0.845. The van der Waals surface area contributed by atoms with Crippen LogP contribution in [0.15, 0.2) is 12.4 Å². The molecule has 0 unspecified atom stereocenters. The molecule has 0 aromatic carbocycles. The Balaban J connectivity index is 2.45. The maximum Gasteiger partial charge on any atom is 0.303 e. The van der Waals surface area contributed by atoms with Gasteiger partial charge in [-0.1, -0.05) is 0 Å². The smallest absolute Gasteiger partial charge is 0.303 e. The van der Waals surface area contributed by atoms with Crippen molar-refractivity contribution < 1.29 is 14.7 Å². The van der Waals surface area contributed by atoms with E-state index in [0.29, 0.717) is 18.5 Å². The van der Waals surface area contributed by atoms with Crippen LogP contribution in [0.5, 0.6) is 0 Å². The minimum Gasteiger partial charge on any atom is -0.481 e. The molecule has 1 rings (SSSR count). The number of amides is 1. The highest BCUT2D eigenvalue weighted by atomic mass is 16.4. The van der Waals surface area contributed by atoms with Crippen molar-refractivity contribution in [1.82, 2.24) is 14.7 Å². The van der Waals surface area contributed by atoms with E-state index in [1.54, 1.807) is 25.0 Å². The van der Waals surface area contributed by atoms with Gasteiger partial charge in [-0.15, -0.1) is 0 Å². The summed E-state index contributed by atoms with van der Waals surface area (Å²) in [7, 11) is 3.39. The van der Waals surface area contributed by atoms with E-state index in [9.17, 15) is 9.59 Å². The van der Waals surface area contributed by atoms with Crippen molar-refractivity contribution in [2.24, 2.45) is 7.05 Å². The Morgan fingerprint density at radius 1 is 1.56 bits per heavy atom. The molecule has 1 heterocycles. The van der Waals surface area contributed by atoms with Gasteiger partial charge in [0.25, 0.3) is 5.91 Å². The van der Waals surface area contributed by atoms with Crippen molar-refractivity contribution in [3.05, 3.63) is 18.0 Å². The van der Waals surface area contributed by atoms with E-state index in [0.717, 1.165) is 0 Å². The molecule has 16 heavy (non-hydrogen) atoms. The van der Waals surface area contributed by atoms with E-state index in [1.165, 1.54) is 11.1 Å². The Kier molecular flexibility index (Phi) is 4.04. The van der Waals surface area contributed by atoms with Crippen LogP contribution in [0, 0.1) is 0 Å². The molecule has 6 nitrogen and oxygen atoms in total. The molecule has 88 valence electrons. The molecule has 0 saturated heterocycles. The summed E-state index contributed by atoms with van der Waals surface area (Å²) in [6.07, 6.45) is 3.66. The van der Waals surface area contributed by atoms with Crippen LogP contribution in [0.25, 0.3) is 0 Å². The van der Waals surface area contributed by atoms with Gasteiger partial charge >= 0.3 is 5.97 Å². The summed E-state index contributed by atoms with van der Waals surface area (Å²) in [5.74, 6) is -0.985. The largest absolute Gasteiger partial charge is 0.481 e. The fourth-order valence-corrected chi connectivity index (χ4v) is 1.32. The molecular weight excluding hydrogens is 210 g/mol. The van der Waals surface area contributed by atoms with Crippen molar-refractivity contribution in [3.8, 4) is 0 Å². The second-order valence-electron chi connectivity index (χ2n) is 3.63. The van der Waals surface area contributed by atoms with E-state index in [4.69, 9.17) is 5.11 Å². The first kappa shape index (κ1) is 12.2. The van der Waals surface area contributed by atoms with Crippen molar-refractivity contribution in [3.63, 3.8) is 0 Å². The van der Waals surface area contributed by atoms with E-state index >= 15 is 0 Å². The normalized spacial score (nSPS) is 10.1. The highest BCUT2D eigenvalue weighted by molar-refractivity contribution is 5.93. The van der Waals surface area contributed by atoms with Gasteiger partial charge in [0.15, 0.2) is 0 Å². The molecule has 0 fully saturated rings. The van der Waals surface area contributed by atoms with Crippen LogP contribution in [-0.2, 0) is 11.8 Å². The lowest BCUT2D eigenvalue weighted by Gasteiger charge is -2.15.